The average molecular weight is 308 g/mol. The third kappa shape index (κ3) is 3.09. The quantitative estimate of drug-likeness (QED) is 0.432. The SMILES string of the molecule is c1ccc(Cc2ccc(Cc3ccccc3)c3ccccc23)cc1. The predicted octanol–water partition coefficient (Wildman–Crippen LogP) is 6.02. The summed E-state index contributed by atoms with van der Waals surface area (Å²) in [5.74, 6) is 0. The van der Waals surface area contributed by atoms with Gasteiger partial charge in [-0.1, -0.05) is 97.1 Å². The van der Waals surface area contributed by atoms with E-state index in [1.54, 1.807) is 0 Å². The van der Waals surface area contributed by atoms with Crippen LogP contribution in [0.25, 0.3) is 10.8 Å². The Morgan fingerprint density at radius 3 is 1.17 bits per heavy atom. The molecule has 116 valence electrons. The van der Waals surface area contributed by atoms with Crippen molar-refractivity contribution in [1.29, 1.82) is 0 Å². The van der Waals surface area contributed by atoms with E-state index >= 15 is 0 Å². The van der Waals surface area contributed by atoms with E-state index in [1.807, 2.05) is 0 Å². The highest BCUT2D eigenvalue weighted by Gasteiger charge is 2.07. The summed E-state index contributed by atoms with van der Waals surface area (Å²) < 4.78 is 0. The van der Waals surface area contributed by atoms with Gasteiger partial charge in [0.1, 0.15) is 0 Å². The molecule has 24 heavy (non-hydrogen) atoms. The summed E-state index contributed by atoms with van der Waals surface area (Å²) in [5, 5.41) is 2.74. The molecule has 4 rings (SSSR count). The Kier molecular flexibility index (Phi) is 4.12. The molecule has 0 saturated carbocycles. The molecule has 0 aromatic heterocycles. The molecule has 0 unspecified atom stereocenters. The molecule has 0 radical (unpaired) electrons. The number of rotatable bonds is 4. The topological polar surface area (TPSA) is 0 Å². The molecule has 0 amide bonds. The van der Waals surface area contributed by atoms with Gasteiger partial charge in [0.05, 0.1) is 0 Å². The molecule has 0 bridgehead atoms. The molecule has 0 fully saturated rings. The van der Waals surface area contributed by atoms with Gasteiger partial charge >= 0.3 is 0 Å². The monoisotopic (exact) mass is 308 g/mol. The predicted molar refractivity (Wildman–Crippen MR) is 102 cm³/mol. The van der Waals surface area contributed by atoms with Gasteiger partial charge in [0.2, 0.25) is 0 Å². The first-order valence-corrected chi connectivity index (χ1v) is 8.47. The van der Waals surface area contributed by atoms with E-state index in [0.717, 1.165) is 12.8 Å². The Morgan fingerprint density at radius 2 is 0.750 bits per heavy atom. The summed E-state index contributed by atoms with van der Waals surface area (Å²) in [6, 6.07) is 34.8. The van der Waals surface area contributed by atoms with Gasteiger partial charge in [0.25, 0.3) is 0 Å². The zero-order chi connectivity index (χ0) is 16.2. The number of hydrogen-bond donors (Lipinski definition) is 0. The molecule has 0 spiro atoms. The highest BCUT2D eigenvalue weighted by molar-refractivity contribution is 5.89. The Balaban J connectivity index is 1.74. The summed E-state index contributed by atoms with van der Waals surface area (Å²) in [4.78, 5) is 0. The van der Waals surface area contributed by atoms with Gasteiger partial charge in [-0.05, 0) is 45.9 Å². The van der Waals surface area contributed by atoms with Gasteiger partial charge in [-0.3, -0.25) is 0 Å². The smallest absolute Gasteiger partial charge is 0.00196 e. The summed E-state index contributed by atoms with van der Waals surface area (Å²) in [6.45, 7) is 0. The van der Waals surface area contributed by atoms with Crippen molar-refractivity contribution in [3.05, 3.63) is 119 Å². The maximum Gasteiger partial charge on any atom is -0.00196 e. The van der Waals surface area contributed by atoms with Crippen LogP contribution in [0.2, 0.25) is 0 Å². The average Bonchev–Trinajstić information content (AvgIpc) is 2.65. The minimum Gasteiger partial charge on any atom is -0.0622 e. The second-order valence-electron chi connectivity index (χ2n) is 6.25. The first-order chi connectivity index (χ1) is 11.9. The first kappa shape index (κ1) is 14.7. The van der Waals surface area contributed by atoms with E-state index in [9.17, 15) is 0 Å². The fraction of sp³-hybridized carbons (Fsp3) is 0.0833. The largest absolute Gasteiger partial charge is 0.0622 e. The Morgan fingerprint density at radius 1 is 0.375 bits per heavy atom. The third-order valence-electron chi connectivity index (χ3n) is 4.58. The van der Waals surface area contributed by atoms with Crippen molar-refractivity contribution >= 4 is 10.8 Å². The van der Waals surface area contributed by atoms with E-state index in [2.05, 4.69) is 97.1 Å². The fourth-order valence-electron chi connectivity index (χ4n) is 3.36. The molecule has 0 atom stereocenters. The van der Waals surface area contributed by atoms with E-state index < -0.39 is 0 Å². The van der Waals surface area contributed by atoms with Gasteiger partial charge < -0.3 is 0 Å². The summed E-state index contributed by atoms with van der Waals surface area (Å²) in [7, 11) is 0. The molecule has 0 aliphatic heterocycles. The summed E-state index contributed by atoms with van der Waals surface area (Å²) >= 11 is 0. The van der Waals surface area contributed by atoms with Crippen molar-refractivity contribution in [3.63, 3.8) is 0 Å². The number of benzene rings is 4. The van der Waals surface area contributed by atoms with Crippen LogP contribution in [-0.2, 0) is 12.8 Å². The zero-order valence-corrected chi connectivity index (χ0v) is 13.7. The van der Waals surface area contributed by atoms with Gasteiger partial charge in [-0.25, -0.2) is 0 Å². The molecule has 0 N–H and O–H groups in total. The molecule has 0 nitrogen and oxygen atoms in total. The van der Waals surface area contributed by atoms with Crippen molar-refractivity contribution in [2.75, 3.05) is 0 Å². The van der Waals surface area contributed by atoms with Crippen molar-refractivity contribution in [3.8, 4) is 0 Å². The highest BCUT2D eigenvalue weighted by Crippen LogP contribution is 2.26. The molecular weight excluding hydrogens is 288 g/mol. The minimum atomic E-state index is 0.979. The maximum atomic E-state index is 2.30. The van der Waals surface area contributed by atoms with Crippen LogP contribution in [0.4, 0.5) is 0 Å². The van der Waals surface area contributed by atoms with Crippen LogP contribution >= 0.6 is 0 Å². The highest BCUT2D eigenvalue weighted by atomic mass is 14.1. The van der Waals surface area contributed by atoms with Crippen LogP contribution in [0, 0.1) is 0 Å². The fourth-order valence-corrected chi connectivity index (χ4v) is 3.36. The van der Waals surface area contributed by atoms with Crippen molar-refractivity contribution < 1.29 is 0 Å². The first-order valence-electron chi connectivity index (χ1n) is 8.47. The number of hydrogen-bond acceptors (Lipinski definition) is 0. The van der Waals surface area contributed by atoms with Crippen LogP contribution in [-0.4, -0.2) is 0 Å². The van der Waals surface area contributed by atoms with Crippen molar-refractivity contribution in [2.45, 2.75) is 12.8 Å². The van der Waals surface area contributed by atoms with E-state index in [0.29, 0.717) is 0 Å². The maximum absolute atomic E-state index is 2.30. The lowest BCUT2D eigenvalue weighted by Gasteiger charge is -2.12. The zero-order valence-electron chi connectivity index (χ0n) is 13.7. The van der Waals surface area contributed by atoms with Crippen LogP contribution in [0.1, 0.15) is 22.3 Å². The standard InChI is InChI=1S/C24H20/c1-3-9-19(10-4-1)17-21-15-16-22(18-20-11-5-2-6-12-20)24-14-8-7-13-23(21)24/h1-16H,17-18H2. The van der Waals surface area contributed by atoms with Crippen LogP contribution < -0.4 is 0 Å². The van der Waals surface area contributed by atoms with Crippen molar-refractivity contribution in [2.24, 2.45) is 0 Å². The van der Waals surface area contributed by atoms with E-state index in [-0.39, 0.29) is 0 Å². The molecule has 0 aliphatic carbocycles. The molecule has 0 heteroatoms. The van der Waals surface area contributed by atoms with E-state index in [4.69, 9.17) is 0 Å². The van der Waals surface area contributed by atoms with Crippen LogP contribution in [0.15, 0.2) is 97.1 Å². The molecule has 4 aromatic rings. The molecular formula is C24H20. The van der Waals surface area contributed by atoms with Gasteiger partial charge in [0.15, 0.2) is 0 Å². The minimum absolute atomic E-state index is 0.979. The lowest BCUT2D eigenvalue weighted by molar-refractivity contribution is 1.18. The Bertz CT molecular complexity index is 857. The number of fused-ring (bicyclic) bond motifs is 1. The van der Waals surface area contributed by atoms with Crippen LogP contribution in [0.5, 0.6) is 0 Å². The van der Waals surface area contributed by atoms with E-state index in [1.165, 1.54) is 33.0 Å². The molecule has 0 saturated heterocycles. The van der Waals surface area contributed by atoms with Crippen LogP contribution in [0.3, 0.4) is 0 Å². The second kappa shape index (κ2) is 6.72. The molecule has 4 aromatic carbocycles. The third-order valence-corrected chi connectivity index (χ3v) is 4.58. The molecule has 0 heterocycles. The van der Waals surface area contributed by atoms with Gasteiger partial charge in [-0.15, -0.1) is 0 Å². The van der Waals surface area contributed by atoms with Gasteiger partial charge in [0, 0.05) is 0 Å². The van der Waals surface area contributed by atoms with Crippen molar-refractivity contribution in [1.82, 2.24) is 0 Å². The summed E-state index contributed by atoms with van der Waals surface area (Å²) in [5.41, 5.74) is 5.51. The lowest BCUT2D eigenvalue weighted by Crippen LogP contribution is -1.94. The molecule has 0 aliphatic rings. The Labute approximate surface area is 143 Å². The normalized spacial score (nSPS) is 10.8. The van der Waals surface area contributed by atoms with Gasteiger partial charge in [-0.2, -0.15) is 0 Å². The lowest BCUT2D eigenvalue weighted by atomic mass is 9.93. The summed E-state index contributed by atoms with van der Waals surface area (Å²) in [6.07, 6.45) is 1.96. The second-order valence-corrected chi connectivity index (χ2v) is 6.25. The Hall–Kier alpha value is -2.86.